The molecular weight excluding hydrogens is 332 g/mol. The Morgan fingerprint density at radius 2 is 1.77 bits per heavy atom. The summed E-state index contributed by atoms with van der Waals surface area (Å²) in [4.78, 5) is 42.0. The van der Waals surface area contributed by atoms with Crippen LogP contribution in [-0.2, 0) is 18.4 Å². The van der Waals surface area contributed by atoms with Gasteiger partial charge in [0.25, 0.3) is 5.56 Å². The Bertz CT molecular complexity index is 1120. The number of aromatic nitrogens is 3. The molecule has 0 radical (unpaired) electrons. The fourth-order valence-electron chi connectivity index (χ4n) is 2.94. The second-order valence-electron chi connectivity index (χ2n) is 6.43. The number of nitrogens with zero attached hydrogens (tertiary/aromatic N) is 3. The molecule has 1 amide bonds. The number of rotatable bonds is 3. The highest BCUT2D eigenvalue weighted by atomic mass is 16.2. The zero-order chi connectivity index (χ0) is 19.0. The first kappa shape index (κ1) is 17.6. The summed E-state index contributed by atoms with van der Waals surface area (Å²) in [5.74, 6) is -0.440. The van der Waals surface area contributed by atoms with Gasteiger partial charge in [0.05, 0.1) is 5.39 Å². The smallest absolute Gasteiger partial charge is 0.325 e. The van der Waals surface area contributed by atoms with Crippen molar-refractivity contribution in [3.63, 3.8) is 0 Å². The number of nitrogens with one attached hydrogen (secondary N) is 1. The molecule has 0 aliphatic rings. The number of amides is 1. The molecule has 26 heavy (non-hydrogen) atoms. The highest BCUT2D eigenvalue weighted by Crippen LogP contribution is 2.12. The largest absolute Gasteiger partial charge is 0.332 e. The Hall–Kier alpha value is -3.22. The van der Waals surface area contributed by atoms with Gasteiger partial charge < -0.3 is 5.32 Å². The number of fused-ring (bicyclic) bond motifs is 1. The quantitative estimate of drug-likeness (QED) is 0.777. The van der Waals surface area contributed by atoms with Crippen molar-refractivity contribution >= 4 is 22.6 Å². The predicted molar refractivity (Wildman–Crippen MR) is 101 cm³/mol. The molecule has 0 unspecified atom stereocenters. The summed E-state index contributed by atoms with van der Waals surface area (Å²) >= 11 is 0. The second kappa shape index (κ2) is 6.59. The van der Waals surface area contributed by atoms with E-state index in [0.29, 0.717) is 16.7 Å². The van der Waals surface area contributed by atoms with Crippen LogP contribution in [0.2, 0.25) is 0 Å². The van der Waals surface area contributed by atoms with Crippen LogP contribution in [0.1, 0.15) is 16.8 Å². The minimum Gasteiger partial charge on any atom is -0.325 e. The standard InChI is InChI=1S/C19H20N4O3/c1-11-5-7-14(8-6-11)21-15(24)10-23-18(25)16-12(2)9-13(3)20-17(16)22(4)19(23)26/h5-9H,10H2,1-4H3,(H,21,24). The number of benzene rings is 1. The van der Waals surface area contributed by atoms with E-state index in [-0.39, 0.29) is 6.54 Å². The van der Waals surface area contributed by atoms with Gasteiger partial charge in [-0.3, -0.25) is 18.7 Å². The topological polar surface area (TPSA) is 86.0 Å². The molecule has 0 aliphatic heterocycles. The van der Waals surface area contributed by atoms with Crippen molar-refractivity contribution in [2.75, 3.05) is 5.32 Å². The molecule has 1 aromatic carbocycles. The van der Waals surface area contributed by atoms with E-state index in [1.54, 1.807) is 39.1 Å². The van der Waals surface area contributed by atoms with Crippen LogP contribution in [0.5, 0.6) is 0 Å². The normalized spacial score (nSPS) is 10.9. The van der Waals surface area contributed by atoms with Gasteiger partial charge in [0.15, 0.2) is 0 Å². The summed E-state index contributed by atoms with van der Waals surface area (Å²) in [6.45, 7) is 5.18. The van der Waals surface area contributed by atoms with Crippen molar-refractivity contribution in [3.05, 3.63) is 68.0 Å². The molecule has 0 saturated carbocycles. The van der Waals surface area contributed by atoms with Gasteiger partial charge in [-0.25, -0.2) is 9.78 Å². The van der Waals surface area contributed by atoms with Gasteiger partial charge in [-0.05, 0) is 44.5 Å². The SMILES string of the molecule is Cc1ccc(NC(=O)Cn2c(=O)c3c(C)cc(C)nc3n(C)c2=O)cc1. The highest BCUT2D eigenvalue weighted by molar-refractivity contribution is 5.90. The third-order valence-electron chi connectivity index (χ3n) is 4.26. The highest BCUT2D eigenvalue weighted by Gasteiger charge is 2.16. The number of aryl methyl sites for hydroxylation is 4. The van der Waals surface area contributed by atoms with E-state index >= 15 is 0 Å². The Kier molecular flexibility index (Phi) is 4.46. The second-order valence-corrected chi connectivity index (χ2v) is 6.43. The lowest BCUT2D eigenvalue weighted by Crippen LogP contribution is -2.42. The predicted octanol–water partition coefficient (Wildman–Crippen LogP) is 1.66. The minimum absolute atomic E-state index is 0.327. The van der Waals surface area contributed by atoms with Gasteiger partial charge in [-0.15, -0.1) is 0 Å². The molecule has 134 valence electrons. The number of anilines is 1. The van der Waals surface area contributed by atoms with Crippen molar-refractivity contribution in [1.82, 2.24) is 14.1 Å². The molecule has 0 fully saturated rings. The van der Waals surface area contributed by atoms with Gasteiger partial charge in [-0.2, -0.15) is 0 Å². The van der Waals surface area contributed by atoms with Crippen molar-refractivity contribution in [1.29, 1.82) is 0 Å². The fourth-order valence-corrected chi connectivity index (χ4v) is 2.94. The molecule has 2 heterocycles. The van der Waals surface area contributed by atoms with Crippen LogP contribution in [0.4, 0.5) is 5.69 Å². The fraction of sp³-hybridized carbons (Fsp3) is 0.263. The van der Waals surface area contributed by atoms with E-state index in [1.165, 1.54) is 4.57 Å². The van der Waals surface area contributed by atoms with Crippen LogP contribution in [0.25, 0.3) is 11.0 Å². The molecule has 1 N–H and O–H groups in total. The van der Waals surface area contributed by atoms with Crippen LogP contribution in [0.15, 0.2) is 39.9 Å². The van der Waals surface area contributed by atoms with Crippen LogP contribution in [0, 0.1) is 20.8 Å². The molecule has 0 bridgehead atoms. The average molecular weight is 352 g/mol. The lowest BCUT2D eigenvalue weighted by Gasteiger charge is -2.12. The summed E-state index contributed by atoms with van der Waals surface area (Å²) in [5.41, 5.74) is 2.37. The van der Waals surface area contributed by atoms with Crippen molar-refractivity contribution in [2.45, 2.75) is 27.3 Å². The van der Waals surface area contributed by atoms with Crippen LogP contribution < -0.4 is 16.6 Å². The zero-order valence-electron chi connectivity index (χ0n) is 15.2. The van der Waals surface area contributed by atoms with Crippen molar-refractivity contribution in [3.8, 4) is 0 Å². The lowest BCUT2D eigenvalue weighted by molar-refractivity contribution is -0.116. The number of hydrogen-bond donors (Lipinski definition) is 1. The summed E-state index contributed by atoms with van der Waals surface area (Å²) in [7, 11) is 1.55. The lowest BCUT2D eigenvalue weighted by atomic mass is 10.2. The van der Waals surface area contributed by atoms with E-state index in [0.717, 1.165) is 21.4 Å². The molecule has 3 rings (SSSR count). The maximum atomic E-state index is 12.8. The first-order valence-corrected chi connectivity index (χ1v) is 8.22. The number of carbonyl (C=O) groups excluding carboxylic acids is 1. The van der Waals surface area contributed by atoms with E-state index in [1.807, 2.05) is 19.1 Å². The molecule has 0 saturated heterocycles. The summed E-state index contributed by atoms with van der Waals surface area (Å²) in [5, 5.41) is 3.05. The van der Waals surface area contributed by atoms with Gasteiger partial charge in [0.2, 0.25) is 5.91 Å². The monoisotopic (exact) mass is 352 g/mol. The molecular formula is C19H20N4O3. The Labute approximate surface area is 149 Å². The summed E-state index contributed by atoms with van der Waals surface area (Å²) in [6, 6.07) is 9.06. The molecule has 0 spiro atoms. The van der Waals surface area contributed by atoms with E-state index in [2.05, 4.69) is 10.3 Å². The van der Waals surface area contributed by atoms with E-state index in [4.69, 9.17) is 0 Å². The van der Waals surface area contributed by atoms with Gasteiger partial charge in [0, 0.05) is 18.4 Å². The van der Waals surface area contributed by atoms with Gasteiger partial charge in [-0.1, -0.05) is 17.7 Å². The maximum Gasteiger partial charge on any atom is 0.332 e. The Morgan fingerprint density at radius 1 is 1.12 bits per heavy atom. The molecule has 0 atom stereocenters. The third kappa shape index (κ3) is 3.15. The van der Waals surface area contributed by atoms with Crippen LogP contribution in [-0.4, -0.2) is 20.0 Å². The first-order chi connectivity index (χ1) is 12.3. The average Bonchev–Trinajstić information content (AvgIpc) is 2.58. The van der Waals surface area contributed by atoms with Crippen molar-refractivity contribution < 1.29 is 4.79 Å². The molecule has 7 heteroatoms. The van der Waals surface area contributed by atoms with E-state index < -0.39 is 17.2 Å². The number of carbonyl (C=O) groups is 1. The number of pyridine rings is 1. The van der Waals surface area contributed by atoms with Gasteiger partial charge >= 0.3 is 5.69 Å². The van der Waals surface area contributed by atoms with Gasteiger partial charge in [0.1, 0.15) is 12.2 Å². The van der Waals surface area contributed by atoms with E-state index in [9.17, 15) is 14.4 Å². The number of hydrogen-bond acceptors (Lipinski definition) is 4. The molecule has 7 nitrogen and oxygen atoms in total. The van der Waals surface area contributed by atoms with Crippen LogP contribution in [0.3, 0.4) is 0 Å². The minimum atomic E-state index is -0.570. The summed E-state index contributed by atoms with van der Waals surface area (Å²) < 4.78 is 2.24. The molecule has 3 aromatic rings. The van der Waals surface area contributed by atoms with Crippen molar-refractivity contribution in [2.24, 2.45) is 7.05 Å². The summed E-state index contributed by atoms with van der Waals surface area (Å²) in [6.07, 6.45) is 0. The third-order valence-corrected chi connectivity index (χ3v) is 4.26. The molecule has 2 aromatic heterocycles. The maximum absolute atomic E-state index is 12.8. The Balaban J connectivity index is 2.02. The van der Waals surface area contributed by atoms with Crippen LogP contribution >= 0.6 is 0 Å². The zero-order valence-corrected chi connectivity index (χ0v) is 15.2. The Morgan fingerprint density at radius 3 is 2.42 bits per heavy atom. The first-order valence-electron chi connectivity index (χ1n) is 8.22. The molecule has 0 aliphatic carbocycles.